The lowest BCUT2D eigenvalue weighted by atomic mass is 9.86. The number of aromatic nitrogens is 1. The maximum Gasteiger partial charge on any atom is 0.305 e. The number of rotatable bonds is 5. The Morgan fingerprint density at radius 1 is 1.39 bits per heavy atom. The highest BCUT2D eigenvalue weighted by molar-refractivity contribution is 7.09. The Bertz CT molecular complexity index is 571. The molecular weight excluding hydrogens is 316 g/mol. The molecule has 2 N–H and O–H groups in total. The van der Waals surface area contributed by atoms with Crippen molar-refractivity contribution in [2.75, 3.05) is 13.2 Å². The second-order valence-corrected chi connectivity index (χ2v) is 7.94. The number of nitrogens with one attached hydrogen (secondary N) is 1. The molecule has 0 unspecified atom stereocenters. The Morgan fingerprint density at radius 3 is 2.57 bits per heavy atom. The Hall–Kier alpha value is -1.47. The molecule has 0 spiro atoms. The number of carboxylic acid groups (broad SMARTS) is 1. The lowest BCUT2D eigenvalue weighted by molar-refractivity contribution is -0.140. The van der Waals surface area contributed by atoms with E-state index in [1.165, 1.54) is 0 Å². The average molecular weight is 340 g/mol. The van der Waals surface area contributed by atoms with Crippen molar-refractivity contribution in [1.82, 2.24) is 10.3 Å². The zero-order chi connectivity index (χ0) is 17.1. The maximum absolute atomic E-state index is 12.3. The van der Waals surface area contributed by atoms with Crippen LogP contribution in [0.3, 0.4) is 0 Å². The summed E-state index contributed by atoms with van der Waals surface area (Å²) in [5.74, 6) is -1.09. The molecule has 0 saturated carbocycles. The van der Waals surface area contributed by atoms with E-state index in [1.807, 2.05) is 5.38 Å². The van der Waals surface area contributed by atoms with Crippen LogP contribution in [0.25, 0.3) is 0 Å². The van der Waals surface area contributed by atoms with Gasteiger partial charge in [-0.05, 0) is 12.8 Å². The Kier molecular flexibility index (Phi) is 5.41. The smallest absolute Gasteiger partial charge is 0.305 e. The van der Waals surface area contributed by atoms with Crippen molar-refractivity contribution in [2.24, 2.45) is 0 Å². The number of ether oxygens (including phenoxy) is 1. The van der Waals surface area contributed by atoms with Crippen molar-refractivity contribution in [1.29, 1.82) is 0 Å². The van der Waals surface area contributed by atoms with E-state index in [0.717, 1.165) is 10.7 Å². The molecule has 2 rings (SSSR count). The Labute approximate surface area is 140 Å². The number of carbonyl (C=O) groups excluding carboxylic acids is 1. The van der Waals surface area contributed by atoms with Gasteiger partial charge in [0.05, 0.1) is 29.1 Å². The molecule has 6 nitrogen and oxygen atoms in total. The summed E-state index contributed by atoms with van der Waals surface area (Å²) in [7, 11) is 0. The van der Waals surface area contributed by atoms with Crippen LogP contribution < -0.4 is 5.32 Å². The van der Waals surface area contributed by atoms with Gasteiger partial charge in [-0.2, -0.15) is 0 Å². The highest BCUT2D eigenvalue weighted by atomic mass is 32.1. The van der Waals surface area contributed by atoms with Gasteiger partial charge in [-0.25, -0.2) is 4.98 Å². The lowest BCUT2D eigenvalue weighted by Crippen LogP contribution is -2.53. The zero-order valence-corrected chi connectivity index (χ0v) is 14.7. The number of aliphatic carboxylic acids is 1. The van der Waals surface area contributed by atoms with Crippen molar-refractivity contribution < 1.29 is 19.4 Å². The van der Waals surface area contributed by atoms with Gasteiger partial charge in [-0.15, -0.1) is 11.3 Å². The first-order valence-corrected chi connectivity index (χ1v) is 8.64. The van der Waals surface area contributed by atoms with Crippen LogP contribution >= 0.6 is 11.3 Å². The van der Waals surface area contributed by atoms with Crippen molar-refractivity contribution in [3.05, 3.63) is 16.1 Å². The molecule has 1 fully saturated rings. The van der Waals surface area contributed by atoms with E-state index in [-0.39, 0.29) is 24.2 Å². The van der Waals surface area contributed by atoms with Gasteiger partial charge in [0.1, 0.15) is 0 Å². The SMILES string of the molecule is CC(C)(C)c1nc(CC(=O)NC2(CC(=O)O)CCOCC2)cs1. The van der Waals surface area contributed by atoms with E-state index >= 15 is 0 Å². The van der Waals surface area contributed by atoms with Crippen LogP contribution in [0.4, 0.5) is 0 Å². The molecule has 2 heterocycles. The third kappa shape index (κ3) is 5.00. The van der Waals surface area contributed by atoms with Gasteiger partial charge >= 0.3 is 5.97 Å². The van der Waals surface area contributed by atoms with E-state index in [1.54, 1.807) is 11.3 Å². The van der Waals surface area contributed by atoms with E-state index in [9.17, 15) is 9.59 Å². The largest absolute Gasteiger partial charge is 0.481 e. The molecular formula is C16H24N2O4S. The lowest BCUT2D eigenvalue weighted by Gasteiger charge is -2.36. The molecule has 128 valence electrons. The summed E-state index contributed by atoms with van der Waals surface area (Å²) >= 11 is 1.55. The molecule has 0 aromatic carbocycles. The highest BCUT2D eigenvalue weighted by Crippen LogP contribution is 2.27. The van der Waals surface area contributed by atoms with Gasteiger partial charge in [0.25, 0.3) is 0 Å². The van der Waals surface area contributed by atoms with Crippen LogP contribution in [0.5, 0.6) is 0 Å². The summed E-state index contributed by atoms with van der Waals surface area (Å²) in [4.78, 5) is 28.0. The standard InChI is InChI=1S/C16H24N2O4S/c1-15(2,3)14-17-11(10-23-14)8-12(19)18-16(9-13(20)21)4-6-22-7-5-16/h10H,4-9H2,1-3H3,(H,18,19)(H,20,21). The fourth-order valence-electron chi connectivity index (χ4n) is 2.63. The predicted octanol–water partition coefficient (Wildman–Crippen LogP) is 2.12. The minimum absolute atomic E-state index is 0.0371. The number of hydrogen-bond donors (Lipinski definition) is 2. The van der Waals surface area contributed by atoms with Crippen molar-refractivity contribution in [3.8, 4) is 0 Å². The quantitative estimate of drug-likeness (QED) is 0.857. The molecule has 1 aromatic rings. The molecule has 0 atom stereocenters. The van der Waals surface area contributed by atoms with Gasteiger partial charge < -0.3 is 15.2 Å². The summed E-state index contributed by atoms with van der Waals surface area (Å²) in [6.07, 6.45) is 1.14. The number of amides is 1. The normalized spacial score (nSPS) is 17.7. The minimum Gasteiger partial charge on any atom is -0.481 e. The van der Waals surface area contributed by atoms with Crippen molar-refractivity contribution in [2.45, 2.75) is 57.4 Å². The minimum atomic E-state index is -0.907. The zero-order valence-electron chi connectivity index (χ0n) is 13.8. The number of carboxylic acids is 1. The van der Waals surface area contributed by atoms with E-state index < -0.39 is 11.5 Å². The molecule has 23 heavy (non-hydrogen) atoms. The monoisotopic (exact) mass is 340 g/mol. The molecule has 7 heteroatoms. The summed E-state index contributed by atoms with van der Waals surface area (Å²) in [6, 6.07) is 0. The third-order valence-corrected chi connectivity index (χ3v) is 5.20. The van der Waals surface area contributed by atoms with Crippen LogP contribution in [0.2, 0.25) is 0 Å². The Balaban J connectivity index is 2.01. The van der Waals surface area contributed by atoms with Crippen LogP contribution in [-0.2, 0) is 26.2 Å². The second-order valence-electron chi connectivity index (χ2n) is 7.08. The second kappa shape index (κ2) is 6.97. The van der Waals surface area contributed by atoms with Crippen molar-refractivity contribution >= 4 is 23.2 Å². The molecule has 1 saturated heterocycles. The highest BCUT2D eigenvalue weighted by Gasteiger charge is 2.36. The molecule has 0 bridgehead atoms. The summed E-state index contributed by atoms with van der Waals surface area (Å²) in [5, 5.41) is 14.9. The van der Waals surface area contributed by atoms with Crippen LogP contribution in [-0.4, -0.2) is 40.7 Å². The number of hydrogen-bond acceptors (Lipinski definition) is 5. The molecule has 1 amide bonds. The van der Waals surface area contributed by atoms with Crippen LogP contribution in [0.15, 0.2) is 5.38 Å². The van der Waals surface area contributed by atoms with Gasteiger partial charge in [0.2, 0.25) is 5.91 Å². The van der Waals surface area contributed by atoms with E-state index in [2.05, 4.69) is 31.1 Å². The van der Waals surface area contributed by atoms with Gasteiger partial charge in [-0.1, -0.05) is 20.8 Å². The molecule has 0 aliphatic carbocycles. The molecule has 1 aliphatic rings. The molecule has 0 radical (unpaired) electrons. The summed E-state index contributed by atoms with van der Waals surface area (Å²) in [6.45, 7) is 7.19. The van der Waals surface area contributed by atoms with Gasteiger partial charge in [-0.3, -0.25) is 9.59 Å². The summed E-state index contributed by atoms with van der Waals surface area (Å²) < 4.78 is 5.29. The molecule has 1 aromatic heterocycles. The van der Waals surface area contributed by atoms with Gasteiger partial charge in [0, 0.05) is 24.0 Å². The fraction of sp³-hybridized carbons (Fsp3) is 0.688. The van der Waals surface area contributed by atoms with E-state index in [4.69, 9.17) is 9.84 Å². The first-order chi connectivity index (χ1) is 10.7. The summed E-state index contributed by atoms with van der Waals surface area (Å²) in [5.41, 5.74) is -0.00995. The fourth-order valence-corrected chi connectivity index (χ4v) is 3.54. The number of thiazole rings is 1. The maximum atomic E-state index is 12.3. The predicted molar refractivity (Wildman–Crippen MR) is 87.7 cm³/mol. The van der Waals surface area contributed by atoms with Crippen LogP contribution in [0.1, 0.15) is 50.7 Å². The van der Waals surface area contributed by atoms with Crippen LogP contribution in [0, 0.1) is 0 Å². The first-order valence-electron chi connectivity index (χ1n) is 7.76. The number of carbonyl (C=O) groups is 2. The molecule has 1 aliphatic heterocycles. The Morgan fingerprint density at radius 2 is 2.04 bits per heavy atom. The third-order valence-electron chi connectivity index (χ3n) is 3.88. The van der Waals surface area contributed by atoms with Gasteiger partial charge in [0.15, 0.2) is 0 Å². The van der Waals surface area contributed by atoms with E-state index in [0.29, 0.717) is 26.1 Å². The topological polar surface area (TPSA) is 88.5 Å². The number of nitrogens with zero attached hydrogens (tertiary/aromatic N) is 1. The average Bonchev–Trinajstić information content (AvgIpc) is 2.86. The van der Waals surface area contributed by atoms with Crippen molar-refractivity contribution in [3.63, 3.8) is 0 Å². The first kappa shape index (κ1) is 17.9.